The molecule has 11 rings (SSSR count). The van der Waals surface area contributed by atoms with E-state index in [1.807, 2.05) is 0 Å². The van der Waals surface area contributed by atoms with Gasteiger partial charge >= 0.3 is 0 Å². The molecule has 63 heavy (non-hydrogen) atoms. The van der Waals surface area contributed by atoms with Crippen LogP contribution in [0.2, 0.25) is 0 Å². The molecule has 0 N–H and O–H groups in total. The van der Waals surface area contributed by atoms with E-state index in [0.29, 0.717) is 5.92 Å². The van der Waals surface area contributed by atoms with Crippen molar-refractivity contribution in [2.75, 3.05) is 4.90 Å². The smallest absolute Gasteiger partial charge is 0.0538 e. The molecule has 8 aromatic carbocycles. The predicted molar refractivity (Wildman–Crippen MR) is 270 cm³/mol. The minimum absolute atomic E-state index is 0.0260. The molecule has 1 atom stereocenters. The van der Waals surface area contributed by atoms with E-state index in [4.69, 9.17) is 0 Å². The Morgan fingerprint density at radius 3 is 1.75 bits per heavy atom. The molecule has 0 fully saturated rings. The molecule has 1 aromatic heterocycles. The number of aromatic nitrogens is 1. The van der Waals surface area contributed by atoms with Crippen LogP contribution in [-0.2, 0) is 5.41 Å². The lowest BCUT2D eigenvalue weighted by molar-refractivity contribution is 0.590. The molecule has 1 unspecified atom stereocenters. The van der Waals surface area contributed by atoms with Crippen LogP contribution in [0.4, 0.5) is 11.4 Å². The van der Waals surface area contributed by atoms with Crippen molar-refractivity contribution in [2.45, 2.75) is 58.3 Å². The second kappa shape index (κ2) is 15.6. The number of nitrogens with zero attached hydrogens (tertiary/aromatic N) is 2. The molecule has 0 aliphatic heterocycles. The first-order valence-corrected chi connectivity index (χ1v) is 22.6. The summed E-state index contributed by atoms with van der Waals surface area (Å²) in [7, 11) is 0. The molecule has 2 aliphatic rings. The number of anilines is 2. The van der Waals surface area contributed by atoms with Crippen LogP contribution >= 0.6 is 0 Å². The van der Waals surface area contributed by atoms with Crippen molar-refractivity contribution in [3.05, 3.63) is 222 Å². The third kappa shape index (κ3) is 6.82. The van der Waals surface area contributed by atoms with Crippen molar-refractivity contribution in [2.24, 2.45) is 0 Å². The molecule has 9 aromatic rings. The lowest BCUT2D eigenvalue weighted by Crippen LogP contribution is -2.19. The first-order valence-electron chi connectivity index (χ1n) is 22.6. The number of fused-ring (bicyclic) bond motifs is 5. The average molecular weight is 813 g/mol. The highest BCUT2D eigenvalue weighted by atomic mass is 15.1. The first kappa shape index (κ1) is 38.7. The van der Waals surface area contributed by atoms with Gasteiger partial charge in [-0.1, -0.05) is 167 Å². The third-order valence-corrected chi connectivity index (χ3v) is 13.5. The van der Waals surface area contributed by atoms with Crippen LogP contribution in [0.3, 0.4) is 0 Å². The molecule has 0 saturated carbocycles. The number of rotatable bonds is 7. The van der Waals surface area contributed by atoms with Gasteiger partial charge in [0.25, 0.3) is 0 Å². The van der Waals surface area contributed by atoms with Gasteiger partial charge in [0.15, 0.2) is 0 Å². The van der Waals surface area contributed by atoms with Gasteiger partial charge in [0, 0.05) is 33.8 Å². The van der Waals surface area contributed by atoms with Gasteiger partial charge in [0.05, 0.1) is 5.52 Å². The molecular weight excluding hydrogens is 761 g/mol. The van der Waals surface area contributed by atoms with Crippen molar-refractivity contribution in [1.82, 2.24) is 4.57 Å². The topological polar surface area (TPSA) is 8.17 Å². The van der Waals surface area contributed by atoms with E-state index in [1.165, 1.54) is 105 Å². The zero-order valence-corrected chi connectivity index (χ0v) is 36.6. The van der Waals surface area contributed by atoms with E-state index in [1.54, 1.807) is 0 Å². The summed E-state index contributed by atoms with van der Waals surface area (Å²) in [6, 6.07) is 65.2. The highest BCUT2D eigenvalue weighted by Crippen LogP contribution is 2.46. The van der Waals surface area contributed by atoms with Crippen molar-refractivity contribution in [1.29, 1.82) is 0 Å². The molecule has 0 bridgehead atoms. The molecular formula is C61H52N2. The first-order chi connectivity index (χ1) is 30.8. The van der Waals surface area contributed by atoms with E-state index in [2.05, 4.69) is 237 Å². The number of allylic oxidation sites excluding steroid dienone is 5. The lowest BCUT2D eigenvalue weighted by Gasteiger charge is -2.31. The van der Waals surface area contributed by atoms with E-state index in [9.17, 15) is 0 Å². The fourth-order valence-corrected chi connectivity index (χ4v) is 10.4. The second-order valence-electron chi connectivity index (χ2n) is 18.5. The van der Waals surface area contributed by atoms with Gasteiger partial charge in [-0.05, 0) is 157 Å². The molecule has 0 radical (unpaired) electrons. The van der Waals surface area contributed by atoms with Gasteiger partial charge in [0.2, 0.25) is 0 Å². The second-order valence-corrected chi connectivity index (χ2v) is 18.5. The van der Waals surface area contributed by atoms with Crippen molar-refractivity contribution < 1.29 is 0 Å². The number of hydrogen-bond acceptors (Lipinski definition) is 1. The molecule has 0 spiro atoms. The number of benzene rings is 8. The molecule has 1 heterocycles. The quantitative estimate of drug-likeness (QED) is 0.146. The molecule has 2 heteroatoms. The minimum atomic E-state index is 0.0260. The maximum atomic E-state index is 2.49. The van der Waals surface area contributed by atoms with Crippen LogP contribution in [0.15, 0.2) is 200 Å². The third-order valence-electron chi connectivity index (χ3n) is 13.5. The van der Waals surface area contributed by atoms with Gasteiger partial charge in [0.1, 0.15) is 0 Å². The number of hydrogen-bond donors (Lipinski definition) is 0. The Morgan fingerprint density at radius 1 is 0.524 bits per heavy atom. The van der Waals surface area contributed by atoms with Crippen molar-refractivity contribution in [3.63, 3.8) is 0 Å². The van der Waals surface area contributed by atoms with Crippen molar-refractivity contribution in [3.8, 4) is 27.9 Å². The summed E-state index contributed by atoms with van der Waals surface area (Å²) in [5.74, 6) is 0.467. The summed E-state index contributed by atoms with van der Waals surface area (Å²) in [6.45, 7) is 9.28. The van der Waals surface area contributed by atoms with Crippen LogP contribution in [0, 0.1) is 0 Å². The summed E-state index contributed by atoms with van der Waals surface area (Å²) >= 11 is 0. The fourth-order valence-electron chi connectivity index (χ4n) is 10.4. The average Bonchev–Trinajstić information content (AvgIpc) is 3.66. The summed E-state index contributed by atoms with van der Waals surface area (Å²) in [4.78, 5) is 2.49. The minimum Gasteiger partial charge on any atom is -0.314 e. The fraction of sp³-hybridized carbons (Fsp3) is 0.148. The Kier molecular flexibility index (Phi) is 9.61. The molecule has 0 amide bonds. The van der Waals surface area contributed by atoms with Gasteiger partial charge in [-0.15, -0.1) is 0 Å². The van der Waals surface area contributed by atoms with E-state index >= 15 is 0 Å². The molecule has 2 nitrogen and oxygen atoms in total. The van der Waals surface area contributed by atoms with Crippen LogP contribution in [0.1, 0.15) is 75.3 Å². The van der Waals surface area contributed by atoms with Crippen LogP contribution in [0.5, 0.6) is 0 Å². The van der Waals surface area contributed by atoms with Gasteiger partial charge < -0.3 is 9.47 Å². The Labute approximate surface area is 371 Å². The van der Waals surface area contributed by atoms with Crippen LogP contribution in [0.25, 0.3) is 72.0 Å². The Hall–Kier alpha value is -7.16. The van der Waals surface area contributed by atoms with Gasteiger partial charge in [-0.25, -0.2) is 0 Å². The summed E-state index contributed by atoms with van der Waals surface area (Å²) in [5, 5.41) is 6.46. The van der Waals surface area contributed by atoms with E-state index in [0.717, 1.165) is 19.3 Å². The SMILES string of the molecule is CC1CC=Cc2c1c1cc(C3=CC=C(N(c4ccc(-c5c6ccccc6c(-c6ccccc6)c6ccccc56)cc4)c4cccc(C(C)(C)C)c4)CC3)ccc1n2-c1ccccc1. The Morgan fingerprint density at radius 2 is 1.13 bits per heavy atom. The van der Waals surface area contributed by atoms with Crippen LogP contribution in [-0.4, -0.2) is 4.57 Å². The lowest BCUT2D eigenvalue weighted by atomic mass is 9.86. The van der Waals surface area contributed by atoms with Crippen molar-refractivity contribution >= 4 is 55.5 Å². The largest absolute Gasteiger partial charge is 0.314 e. The highest BCUT2D eigenvalue weighted by molar-refractivity contribution is 6.21. The predicted octanol–water partition coefficient (Wildman–Crippen LogP) is 17.0. The Bertz CT molecular complexity index is 3220. The van der Waals surface area contributed by atoms with Gasteiger partial charge in [-0.2, -0.15) is 0 Å². The van der Waals surface area contributed by atoms with Gasteiger partial charge in [-0.3, -0.25) is 0 Å². The normalized spacial score (nSPS) is 15.1. The summed E-state index contributed by atoms with van der Waals surface area (Å²) < 4.78 is 2.45. The van der Waals surface area contributed by atoms with Crippen LogP contribution < -0.4 is 4.90 Å². The Balaban J connectivity index is 1.01. The van der Waals surface area contributed by atoms with E-state index in [-0.39, 0.29) is 5.41 Å². The number of para-hydroxylation sites is 1. The van der Waals surface area contributed by atoms with E-state index < -0.39 is 0 Å². The maximum Gasteiger partial charge on any atom is 0.0538 e. The summed E-state index contributed by atoms with van der Waals surface area (Å²) in [5.41, 5.74) is 18.0. The monoisotopic (exact) mass is 812 g/mol. The maximum absolute atomic E-state index is 2.49. The molecule has 306 valence electrons. The standard InChI is InChI=1S/C61H52N2/c1-41-17-15-28-57-58(41)55-39-45(33-38-56(55)63(57)47-21-9-6-10-22-47)42-29-34-48(35-30-42)62(50-23-16-20-46(40-50)61(2,3)4)49-36-31-44(32-37-49)60-53-26-13-11-24-51(53)59(43-18-7-5-8-19-43)52-25-12-14-27-54(52)60/h5-16,18-29,31-34,36-41H,17,30,35H2,1-4H3. The summed E-state index contributed by atoms with van der Waals surface area (Å²) in [6.07, 6.45) is 12.4. The zero-order chi connectivity index (χ0) is 42.7. The molecule has 0 saturated heterocycles. The highest BCUT2D eigenvalue weighted by Gasteiger charge is 2.26. The molecule has 2 aliphatic carbocycles. The zero-order valence-electron chi connectivity index (χ0n) is 36.6.